The Hall–Kier alpha value is -1.51. The van der Waals surface area contributed by atoms with E-state index >= 15 is 0 Å². The van der Waals surface area contributed by atoms with Crippen molar-refractivity contribution in [3.63, 3.8) is 0 Å². The number of hydrogen-bond donors (Lipinski definition) is 1. The van der Waals surface area contributed by atoms with E-state index in [1.165, 1.54) is 0 Å². The third-order valence-electron chi connectivity index (χ3n) is 2.71. The van der Waals surface area contributed by atoms with Gasteiger partial charge in [-0.05, 0) is 51.3 Å². The topological polar surface area (TPSA) is 38.3 Å². The van der Waals surface area contributed by atoms with Crippen molar-refractivity contribution in [2.45, 2.75) is 53.2 Å². The minimum atomic E-state index is -0.423. The molecule has 3 nitrogen and oxygen atoms in total. The van der Waals surface area contributed by atoms with E-state index in [1.807, 2.05) is 52.8 Å². The van der Waals surface area contributed by atoms with Crippen LogP contribution in [0.3, 0.4) is 0 Å². The van der Waals surface area contributed by atoms with E-state index in [2.05, 4.69) is 5.32 Å². The summed E-state index contributed by atoms with van der Waals surface area (Å²) in [4.78, 5) is 11.9. The number of nitrogens with one attached hydrogen (secondary N) is 1. The van der Waals surface area contributed by atoms with Gasteiger partial charge in [0.1, 0.15) is 5.75 Å². The molecular weight excluding hydrogens is 226 g/mol. The molecule has 0 fully saturated rings. The van der Waals surface area contributed by atoms with E-state index in [0.29, 0.717) is 6.42 Å². The molecule has 1 amide bonds. The molecule has 1 N–H and O–H groups in total. The zero-order chi connectivity index (χ0) is 13.7. The molecule has 0 aliphatic carbocycles. The minimum absolute atomic E-state index is 0.0478. The standard InChI is InChI=1S/C15H23NO2/c1-6-13(15(17)16-10(2)3)18-14-9-11(4)7-8-12(14)5/h7-10,13H,6H2,1-5H3,(H,16,17). The van der Waals surface area contributed by atoms with Crippen LogP contribution in [0.4, 0.5) is 0 Å². The molecule has 0 aromatic heterocycles. The van der Waals surface area contributed by atoms with E-state index in [9.17, 15) is 4.79 Å². The molecule has 0 saturated heterocycles. The SMILES string of the molecule is CCC(Oc1cc(C)ccc1C)C(=O)NC(C)C. The summed E-state index contributed by atoms with van der Waals surface area (Å²) >= 11 is 0. The molecule has 0 radical (unpaired) electrons. The summed E-state index contributed by atoms with van der Waals surface area (Å²) in [5.41, 5.74) is 2.19. The first-order valence-electron chi connectivity index (χ1n) is 6.48. The Bertz CT molecular complexity index is 413. The molecule has 1 aromatic carbocycles. The summed E-state index contributed by atoms with van der Waals surface area (Å²) < 4.78 is 5.83. The van der Waals surface area contributed by atoms with Crippen LogP contribution in [-0.4, -0.2) is 18.1 Å². The fraction of sp³-hybridized carbons (Fsp3) is 0.533. The molecule has 0 aliphatic rings. The average molecular weight is 249 g/mol. The fourth-order valence-corrected chi connectivity index (χ4v) is 1.69. The highest BCUT2D eigenvalue weighted by Crippen LogP contribution is 2.21. The maximum absolute atomic E-state index is 11.9. The van der Waals surface area contributed by atoms with Gasteiger partial charge in [-0.2, -0.15) is 0 Å². The summed E-state index contributed by atoms with van der Waals surface area (Å²) in [6, 6.07) is 6.16. The van der Waals surface area contributed by atoms with Gasteiger partial charge in [0.25, 0.3) is 5.91 Å². The lowest BCUT2D eigenvalue weighted by Gasteiger charge is -2.20. The quantitative estimate of drug-likeness (QED) is 0.871. The van der Waals surface area contributed by atoms with Gasteiger partial charge in [0.2, 0.25) is 0 Å². The lowest BCUT2D eigenvalue weighted by molar-refractivity contribution is -0.128. The molecule has 18 heavy (non-hydrogen) atoms. The number of amides is 1. The largest absolute Gasteiger partial charge is 0.480 e. The van der Waals surface area contributed by atoms with Gasteiger partial charge in [-0.3, -0.25) is 4.79 Å². The maximum Gasteiger partial charge on any atom is 0.261 e. The second-order valence-electron chi connectivity index (χ2n) is 4.95. The van der Waals surface area contributed by atoms with E-state index in [0.717, 1.165) is 16.9 Å². The zero-order valence-electron chi connectivity index (χ0n) is 11.9. The van der Waals surface area contributed by atoms with Gasteiger partial charge in [-0.15, -0.1) is 0 Å². The van der Waals surface area contributed by atoms with Crippen LogP contribution in [0.25, 0.3) is 0 Å². The second kappa shape index (κ2) is 6.43. The number of carbonyl (C=O) groups is 1. The van der Waals surface area contributed by atoms with Gasteiger partial charge in [-0.1, -0.05) is 19.1 Å². The molecule has 0 spiro atoms. The predicted octanol–water partition coefficient (Wildman–Crippen LogP) is 2.99. The molecule has 0 aliphatic heterocycles. The molecule has 0 saturated carbocycles. The Morgan fingerprint density at radius 3 is 2.56 bits per heavy atom. The van der Waals surface area contributed by atoms with Crippen LogP contribution in [0, 0.1) is 13.8 Å². The molecule has 1 atom stereocenters. The van der Waals surface area contributed by atoms with Crippen molar-refractivity contribution in [2.24, 2.45) is 0 Å². The predicted molar refractivity (Wildman–Crippen MR) is 73.9 cm³/mol. The van der Waals surface area contributed by atoms with Crippen LogP contribution in [0.2, 0.25) is 0 Å². The summed E-state index contributed by atoms with van der Waals surface area (Å²) in [5.74, 6) is 0.745. The first-order chi connectivity index (χ1) is 8.43. The summed E-state index contributed by atoms with van der Waals surface area (Å²) in [5, 5.41) is 2.88. The Morgan fingerprint density at radius 1 is 1.33 bits per heavy atom. The number of benzene rings is 1. The Kier molecular flexibility index (Phi) is 5.20. The maximum atomic E-state index is 11.9. The van der Waals surface area contributed by atoms with Crippen molar-refractivity contribution in [1.82, 2.24) is 5.32 Å². The number of carbonyl (C=O) groups excluding carboxylic acids is 1. The van der Waals surface area contributed by atoms with Crippen LogP contribution < -0.4 is 10.1 Å². The Morgan fingerprint density at radius 2 is 2.00 bits per heavy atom. The average Bonchev–Trinajstić information content (AvgIpc) is 2.29. The molecular formula is C15H23NO2. The highest BCUT2D eigenvalue weighted by Gasteiger charge is 2.19. The van der Waals surface area contributed by atoms with Crippen LogP contribution in [0.1, 0.15) is 38.3 Å². The zero-order valence-corrected chi connectivity index (χ0v) is 11.9. The first kappa shape index (κ1) is 14.6. The van der Waals surface area contributed by atoms with Crippen molar-refractivity contribution in [3.05, 3.63) is 29.3 Å². The summed E-state index contributed by atoms with van der Waals surface area (Å²) in [7, 11) is 0. The molecule has 1 unspecified atom stereocenters. The number of rotatable bonds is 5. The van der Waals surface area contributed by atoms with Crippen molar-refractivity contribution < 1.29 is 9.53 Å². The third kappa shape index (κ3) is 4.06. The molecule has 1 aromatic rings. The minimum Gasteiger partial charge on any atom is -0.480 e. The molecule has 3 heteroatoms. The van der Waals surface area contributed by atoms with Gasteiger partial charge < -0.3 is 10.1 Å². The lowest BCUT2D eigenvalue weighted by atomic mass is 10.1. The van der Waals surface area contributed by atoms with Crippen molar-refractivity contribution in [2.75, 3.05) is 0 Å². The number of ether oxygens (including phenoxy) is 1. The number of aryl methyl sites for hydroxylation is 2. The molecule has 100 valence electrons. The van der Waals surface area contributed by atoms with Crippen LogP contribution in [0.15, 0.2) is 18.2 Å². The van der Waals surface area contributed by atoms with E-state index in [4.69, 9.17) is 4.74 Å². The fourth-order valence-electron chi connectivity index (χ4n) is 1.69. The highest BCUT2D eigenvalue weighted by atomic mass is 16.5. The van der Waals surface area contributed by atoms with Gasteiger partial charge in [-0.25, -0.2) is 0 Å². The van der Waals surface area contributed by atoms with E-state index < -0.39 is 6.10 Å². The monoisotopic (exact) mass is 249 g/mol. The van der Waals surface area contributed by atoms with Crippen molar-refractivity contribution >= 4 is 5.91 Å². The van der Waals surface area contributed by atoms with Gasteiger partial charge in [0, 0.05) is 6.04 Å². The third-order valence-corrected chi connectivity index (χ3v) is 2.71. The van der Waals surface area contributed by atoms with Crippen LogP contribution in [-0.2, 0) is 4.79 Å². The van der Waals surface area contributed by atoms with Crippen molar-refractivity contribution in [3.8, 4) is 5.75 Å². The molecule has 1 rings (SSSR count). The molecule has 0 heterocycles. The number of hydrogen-bond acceptors (Lipinski definition) is 2. The first-order valence-corrected chi connectivity index (χ1v) is 6.48. The Labute approximate surface area is 110 Å². The van der Waals surface area contributed by atoms with E-state index in [-0.39, 0.29) is 11.9 Å². The lowest BCUT2D eigenvalue weighted by Crippen LogP contribution is -2.41. The summed E-state index contributed by atoms with van der Waals surface area (Å²) in [6.07, 6.45) is 0.235. The van der Waals surface area contributed by atoms with Crippen LogP contribution >= 0.6 is 0 Å². The smallest absolute Gasteiger partial charge is 0.261 e. The van der Waals surface area contributed by atoms with Gasteiger partial charge in [0.15, 0.2) is 6.10 Å². The van der Waals surface area contributed by atoms with E-state index in [1.54, 1.807) is 0 Å². The Balaban J connectivity index is 2.79. The van der Waals surface area contributed by atoms with Gasteiger partial charge in [0.05, 0.1) is 0 Å². The highest BCUT2D eigenvalue weighted by molar-refractivity contribution is 5.81. The van der Waals surface area contributed by atoms with Gasteiger partial charge >= 0.3 is 0 Å². The molecule has 0 bridgehead atoms. The second-order valence-corrected chi connectivity index (χ2v) is 4.95. The normalized spacial score (nSPS) is 12.3. The van der Waals surface area contributed by atoms with Crippen LogP contribution in [0.5, 0.6) is 5.75 Å². The van der Waals surface area contributed by atoms with Crippen molar-refractivity contribution in [1.29, 1.82) is 0 Å². The summed E-state index contributed by atoms with van der Waals surface area (Å²) in [6.45, 7) is 9.85.